The molecule has 0 fully saturated rings. The fraction of sp³-hybridized carbons (Fsp3) is 0.0833. The molecule has 0 atom stereocenters. The number of nitrogens with one attached hydrogen (secondary N) is 1. The van der Waals surface area contributed by atoms with E-state index < -0.39 is 17.6 Å². The molecule has 4 nitrogen and oxygen atoms in total. The molecule has 0 bridgehead atoms. The van der Waals surface area contributed by atoms with Crippen molar-refractivity contribution >= 4 is 46.6 Å². The smallest absolute Gasteiger partial charge is 0.283 e. The number of hydrogen-bond acceptors (Lipinski definition) is 4. The lowest BCUT2D eigenvalue weighted by molar-refractivity contribution is -0.120. The normalized spacial score (nSPS) is 13.9. The molecule has 1 N–H and O–H groups in total. The summed E-state index contributed by atoms with van der Waals surface area (Å²) in [6.45, 7) is 3.87. The summed E-state index contributed by atoms with van der Waals surface area (Å²) in [5, 5.41) is 3.01. The third-order valence-electron chi connectivity index (χ3n) is 4.82. The van der Waals surface area contributed by atoms with Gasteiger partial charge in [0, 0.05) is 10.6 Å². The molecule has 1 aliphatic heterocycles. The van der Waals surface area contributed by atoms with E-state index in [9.17, 15) is 14.0 Å². The first-order valence-corrected chi connectivity index (χ1v) is 10.7. The number of thioether (sulfide) groups is 1. The molecule has 2 amide bonds. The molecule has 156 valence electrons. The van der Waals surface area contributed by atoms with Gasteiger partial charge in [0.25, 0.3) is 11.8 Å². The van der Waals surface area contributed by atoms with Crippen molar-refractivity contribution < 1.29 is 14.0 Å². The van der Waals surface area contributed by atoms with Gasteiger partial charge in [-0.15, -0.1) is 0 Å². The first-order chi connectivity index (χ1) is 14.8. The second kappa shape index (κ2) is 8.57. The molecule has 0 saturated carbocycles. The minimum atomic E-state index is -0.620. The molecule has 0 saturated heterocycles. The van der Waals surface area contributed by atoms with Crippen molar-refractivity contribution in [2.45, 2.75) is 18.7 Å². The van der Waals surface area contributed by atoms with E-state index in [1.165, 1.54) is 23.9 Å². The number of nitrogens with zero attached hydrogens (tertiary/aromatic N) is 1. The van der Waals surface area contributed by atoms with Gasteiger partial charge >= 0.3 is 0 Å². The molecule has 4 rings (SSSR count). The number of aryl methyl sites for hydroxylation is 2. The fourth-order valence-electron chi connectivity index (χ4n) is 3.18. The summed E-state index contributed by atoms with van der Waals surface area (Å²) in [5.74, 6) is -1.63. The minimum Gasteiger partial charge on any atom is -0.350 e. The number of halogens is 2. The number of benzene rings is 3. The van der Waals surface area contributed by atoms with E-state index in [1.807, 2.05) is 62.4 Å². The Balaban J connectivity index is 1.78. The summed E-state index contributed by atoms with van der Waals surface area (Å²) in [6.07, 6.45) is 0. The van der Waals surface area contributed by atoms with Crippen LogP contribution in [-0.2, 0) is 9.59 Å². The second-order valence-electron chi connectivity index (χ2n) is 7.11. The first kappa shape index (κ1) is 21.2. The summed E-state index contributed by atoms with van der Waals surface area (Å²) in [7, 11) is 0. The maximum absolute atomic E-state index is 13.6. The minimum absolute atomic E-state index is 0.161. The largest absolute Gasteiger partial charge is 0.350 e. The van der Waals surface area contributed by atoms with Crippen LogP contribution < -0.4 is 10.2 Å². The highest BCUT2D eigenvalue weighted by Gasteiger charge is 2.40. The maximum Gasteiger partial charge on any atom is 0.283 e. The average molecular weight is 453 g/mol. The van der Waals surface area contributed by atoms with Crippen LogP contribution in [0.1, 0.15) is 11.1 Å². The Morgan fingerprint density at radius 3 is 2.39 bits per heavy atom. The summed E-state index contributed by atoms with van der Waals surface area (Å²) in [4.78, 5) is 28.8. The Labute approximate surface area is 188 Å². The standard InChI is InChI=1S/C24H18ClFN2O2S/c1-14-8-9-15(2)20(12-14)27-21-22(31-17-6-4-3-5-7-17)24(30)28(23(21)29)16-10-11-19(26)18(25)13-16/h3-13,27H,1-2H3. The number of carbonyl (C=O) groups is 2. The Kier molecular flexibility index (Phi) is 5.85. The fourth-order valence-corrected chi connectivity index (χ4v) is 4.31. The SMILES string of the molecule is Cc1ccc(C)c(NC2=C(Sc3ccccc3)C(=O)N(c3ccc(F)c(Cl)c3)C2=O)c1. The topological polar surface area (TPSA) is 49.4 Å². The molecule has 1 aliphatic rings. The molecule has 31 heavy (non-hydrogen) atoms. The van der Waals surface area contributed by atoms with E-state index in [0.717, 1.165) is 32.7 Å². The van der Waals surface area contributed by atoms with Gasteiger partial charge in [-0.25, -0.2) is 9.29 Å². The van der Waals surface area contributed by atoms with Gasteiger partial charge in [0.1, 0.15) is 16.4 Å². The molecule has 0 radical (unpaired) electrons. The monoisotopic (exact) mass is 452 g/mol. The molecule has 0 spiro atoms. The average Bonchev–Trinajstić information content (AvgIpc) is 2.97. The molecule has 1 heterocycles. The van der Waals surface area contributed by atoms with Crippen molar-refractivity contribution in [1.29, 1.82) is 0 Å². The number of imide groups is 1. The molecular formula is C24H18ClFN2O2S. The van der Waals surface area contributed by atoms with Crippen molar-refractivity contribution in [3.63, 3.8) is 0 Å². The zero-order valence-corrected chi connectivity index (χ0v) is 18.4. The van der Waals surface area contributed by atoms with E-state index in [0.29, 0.717) is 0 Å². The molecule has 0 aromatic heterocycles. The zero-order chi connectivity index (χ0) is 22.1. The Bertz CT molecular complexity index is 1230. The van der Waals surface area contributed by atoms with Gasteiger partial charge in [-0.1, -0.05) is 53.7 Å². The second-order valence-corrected chi connectivity index (χ2v) is 8.60. The van der Waals surface area contributed by atoms with Crippen molar-refractivity contribution in [2.24, 2.45) is 0 Å². The van der Waals surface area contributed by atoms with Crippen LogP contribution in [0.4, 0.5) is 15.8 Å². The zero-order valence-electron chi connectivity index (χ0n) is 16.8. The number of anilines is 2. The van der Waals surface area contributed by atoms with Crippen LogP contribution in [0.3, 0.4) is 0 Å². The number of amides is 2. The summed E-state index contributed by atoms with van der Waals surface area (Å²) in [5.41, 5.74) is 3.08. The van der Waals surface area contributed by atoms with Gasteiger partial charge in [-0.3, -0.25) is 9.59 Å². The van der Waals surface area contributed by atoms with Crippen molar-refractivity contribution in [3.8, 4) is 0 Å². The highest BCUT2D eigenvalue weighted by atomic mass is 35.5. The molecular weight excluding hydrogens is 435 g/mol. The van der Waals surface area contributed by atoms with Crippen LogP contribution in [0, 0.1) is 19.7 Å². The lowest BCUT2D eigenvalue weighted by atomic mass is 10.1. The predicted molar refractivity (Wildman–Crippen MR) is 123 cm³/mol. The third kappa shape index (κ3) is 4.22. The van der Waals surface area contributed by atoms with Crippen molar-refractivity contribution in [1.82, 2.24) is 0 Å². The molecule has 3 aromatic carbocycles. The summed E-state index contributed by atoms with van der Waals surface area (Å²) >= 11 is 7.10. The van der Waals surface area contributed by atoms with Gasteiger partial charge in [-0.2, -0.15) is 0 Å². The Hall–Kier alpha value is -3.09. The van der Waals surface area contributed by atoms with Gasteiger partial charge < -0.3 is 5.32 Å². The number of hydrogen-bond donors (Lipinski definition) is 1. The molecule has 0 unspecified atom stereocenters. The van der Waals surface area contributed by atoms with Gasteiger partial charge in [0.15, 0.2) is 0 Å². The van der Waals surface area contributed by atoms with E-state index in [-0.39, 0.29) is 21.3 Å². The predicted octanol–water partition coefficient (Wildman–Crippen LogP) is 6.09. The Morgan fingerprint density at radius 2 is 1.68 bits per heavy atom. The highest BCUT2D eigenvalue weighted by molar-refractivity contribution is 8.04. The van der Waals surface area contributed by atoms with Crippen LogP contribution in [0.2, 0.25) is 5.02 Å². The summed E-state index contributed by atoms with van der Waals surface area (Å²) in [6, 6.07) is 18.9. The number of carbonyl (C=O) groups excluding carboxylic acids is 2. The van der Waals surface area contributed by atoms with Crippen LogP contribution in [0.5, 0.6) is 0 Å². The van der Waals surface area contributed by atoms with Crippen LogP contribution in [-0.4, -0.2) is 11.8 Å². The maximum atomic E-state index is 13.6. The number of rotatable bonds is 5. The lowest BCUT2D eigenvalue weighted by Crippen LogP contribution is -2.32. The highest BCUT2D eigenvalue weighted by Crippen LogP contribution is 2.38. The van der Waals surface area contributed by atoms with E-state index in [4.69, 9.17) is 11.6 Å². The summed E-state index contributed by atoms with van der Waals surface area (Å²) < 4.78 is 13.6. The van der Waals surface area contributed by atoms with Crippen LogP contribution in [0.15, 0.2) is 82.2 Å². The molecule has 0 aliphatic carbocycles. The third-order valence-corrected chi connectivity index (χ3v) is 6.20. The molecule has 7 heteroatoms. The van der Waals surface area contributed by atoms with Gasteiger partial charge in [0.05, 0.1) is 10.7 Å². The first-order valence-electron chi connectivity index (χ1n) is 9.50. The van der Waals surface area contributed by atoms with Crippen LogP contribution in [0.25, 0.3) is 0 Å². The van der Waals surface area contributed by atoms with Crippen LogP contribution >= 0.6 is 23.4 Å². The lowest BCUT2D eigenvalue weighted by Gasteiger charge is -2.16. The van der Waals surface area contributed by atoms with Gasteiger partial charge in [0.2, 0.25) is 0 Å². The Morgan fingerprint density at radius 1 is 0.935 bits per heavy atom. The van der Waals surface area contributed by atoms with E-state index in [2.05, 4.69) is 5.32 Å². The van der Waals surface area contributed by atoms with Crippen molar-refractivity contribution in [2.75, 3.05) is 10.2 Å². The van der Waals surface area contributed by atoms with Gasteiger partial charge in [-0.05, 0) is 61.4 Å². The van der Waals surface area contributed by atoms with E-state index >= 15 is 0 Å². The van der Waals surface area contributed by atoms with Crippen molar-refractivity contribution in [3.05, 3.63) is 99.3 Å². The van der Waals surface area contributed by atoms with E-state index in [1.54, 1.807) is 0 Å². The molecule has 3 aromatic rings. The quantitative estimate of drug-likeness (QED) is 0.476.